The van der Waals surface area contributed by atoms with Crippen LogP contribution in [0.1, 0.15) is 22.2 Å². The molecule has 2 atom stereocenters. The van der Waals surface area contributed by atoms with Gasteiger partial charge in [0.15, 0.2) is 11.5 Å². The van der Waals surface area contributed by atoms with Crippen molar-refractivity contribution in [3.63, 3.8) is 0 Å². The number of nitrogens with two attached hydrogens (primary N) is 1. The molecule has 1 aromatic heterocycles. The van der Waals surface area contributed by atoms with Crippen molar-refractivity contribution in [2.45, 2.75) is 12.2 Å². The monoisotopic (exact) mass is 293 g/mol. The maximum Gasteiger partial charge on any atom is 0.371 e. The molecule has 1 heterocycles. The van der Waals surface area contributed by atoms with E-state index in [0.29, 0.717) is 0 Å². The number of fused-ring (bicyclic) bond motifs is 1. The Morgan fingerprint density at radius 2 is 1.86 bits per heavy atom. The number of carbonyl (C=O) groups is 2. The highest BCUT2D eigenvalue weighted by atomic mass is 16.4. The first-order valence-electron chi connectivity index (χ1n) is 5.78. The van der Waals surface area contributed by atoms with Crippen LogP contribution in [0.5, 0.6) is 0 Å². The Labute approximate surface area is 117 Å². The summed E-state index contributed by atoms with van der Waals surface area (Å²) in [6.07, 6.45) is -3.43. The van der Waals surface area contributed by atoms with E-state index in [2.05, 4.69) is 0 Å². The topological polar surface area (TPSA) is 151 Å². The summed E-state index contributed by atoms with van der Waals surface area (Å²) >= 11 is 0. The van der Waals surface area contributed by atoms with Crippen molar-refractivity contribution in [1.29, 1.82) is 0 Å². The molecule has 0 radical (unpaired) electrons. The van der Waals surface area contributed by atoms with Crippen LogP contribution in [0.3, 0.4) is 0 Å². The fourth-order valence-electron chi connectivity index (χ4n) is 1.80. The Kier molecular flexibility index (Phi) is 3.74. The van der Waals surface area contributed by atoms with Crippen LogP contribution in [0, 0.1) is 0 Å². The van der Waals surface area contributed by atoms with Gasteiger partial charge >= 0.3 is 5.97 Å². The van der Waals surface area contributed by atoms with E-state index in [1.165, 1.54) is 18.2 Å². The van der Waals surface area contributed by atoms with Crippen molar-refractivity contribution in [3.05, 3.63) is 45.8 Å². The van der Waals surface area contributed by atoms with Gasteiger partial charge < -0.3 is 25.5 Å². The van der Waals surface area contributed by atoms with E-state index in [-0.39, 0.29) is 16.5 Å². The van der Waals surface area contributed by atoms with Crippen LogP contribution < -0.4 is 11.2 Å². The molecular weight excluding hydrogens is 282 g/mol. The van der Waals surface area contributed by atoms with Gasteiger partial charge in [0.1, 0.15) is 11.7 Å². The highest BCUT2D eigenvalue weighted by Gasteiger charge is 2.24. The molecule has 5 N–H and O–H groups in total. The molecule has 0 aliphatic carbocycles. The molecule has 8 heteroatoms. The Bertz CT molecular complexity index is 780. The first-order chi connectivity index (χ1) is 9.81. The number of rotatable bonds is 4. The minimum atomic E-state index is -1.83. The summed E-state index contributed by atoms with van der Waals surface area (Å²) in [5.41, 5.74) is 4.32. The third kappa shape index (κ3) is 2.76. The third-order valence-corrected chi connectivity index (χ3v) is 2.89. The number of aliphatic hydroxyl groups excluding tert-OH is 2. The van der Waals surface area contributed by atoms with Gasteiger partial charge in [-0.1, -0.05) is 6.07 Å². The van der Waals surface area contributed by atoms with Crippen molar-refractivity contribution < 1.29 is 29.3 Å². The fourth-order valence-corrected chi connectivity index (χ4v) is 1.80. The largest absolute Gasteiger partial charge is 0.475 e. The molecule has 8 nitrogen and oxygen atoms in total. The lowest BCUT2D eigenvalue weighted by molar-refractivity contribution is -0.131. The van der Waals surface area contributed by atoms with Gasteiger partial charge in [-0.05, 0) is 17.7 Å². The molecule has 110 valence electrons. The maximum absolute atomic E-state index is 11.8. The molecule has 0 saturated heterocycles. The van der Waals surface area contributed by atoms with E-state index in [4.69, 9.17) is 15.3 Å². The van der Waals surface area contributed by atoms with Crippen LogP contribution in [-0.4, -0.2) is 33.3 Å². The number of carboxylic acids is 1. The van der Waals surface area contributed by atoms with Crippen molar-refractivity contribution in [2.24, 2.45) is 5.73 Å². The summed E-state index contributed by atoms with van der Waals surface area (Å²) in [6, 6.07) is 4.54. The zero-order valence-electron chi connectivity index (χ0n) is 10.5. The summed E-state index contributed by atoms with van der Waals surface area (Å²) in [4.78, 5) is 33.4. The summed E-state index contributed by atoms with van der Waals surface area (Å²) < 4.78 is 5.01. The smallest absolute Gasteiger partial charge is 0.371 e. The first-order valence-corrected chi connectivity index (χ1v) is 5.78. The fraction of sp³-hybridized carbons (Fsp3) is 0.154. The lowest BCUT2D eigenvalue weighted by Crippen LogP contribution is -2.33. The molecular formula is C13H11NO7. The molecule has 21 heavy (non-hydrogen) atoms. The number of carboxylic acid groups (broad SMARTS) is 1. The van der Waals surface area contributed by atoms with E-state index in [1.807, 2.05) is 0 Å². The van der Waals surface area contributed by atoms with Crippen molar-refractivity contribution in [2.75, 3.05) is 0 Å². The predicted octanol–water partition coefficient (Wildman–Crippen LogP) is -0.629. The van der Waals surface area contributed by atoms with Gasteiger partial charge in [-0.15, -0.1) is 0 Å². The quantitative estimate of drug-likeness (QED) is 0.585. The Hall–Kier alpha value is -2.71. The predicted molar refractivity (Wildman–Crippen MR) is 69.6 cm³/mol. The molecule has 0 saturated carbocycles. The lowest BCUT2D eigenvalue weighted by atomic mass is 10.0. The molecule has 0 spiro atoms. The van der Waals surface area contributed by atoms with E-state index >= 15 is 0 Å². The van der Waals surface area contributed by atoms with Gasteiger partial charge in [-0.3, -0.25) is 9.59 Å². The Balaban J connectivity index is 2.55. The molecule has 0 bridgehead atoms. The number of amides is 1. The normalized spacial score (nSPS) is 13.8. The lowest BCUT2D eigenvalue weighted by Gasteiger charge is -2.15. The number of hydrogen-bond acceptors (Lipinski definition) is 6. The number of aromatic carboxylic acids is 1. The van der Waals surface area contributed by atoms with Crippen LogP contribution in [0.2, 0.25) is 0 Å². The van der Waals surface area contributed by atoms with Crippen LogP contribution in [0.4, 0.5) is 0 Å². The molecule has 2 aromatic rings. The number of benzene rings is 1. The van der Waals surface area contributed by atoms with Gasteiger partial charge in [0, 0.05) is 6.07 Å². The molecule has 1 amide bonds. The molecule has 0 fully saturated rings. The average Bonchev–Trinajstić information content (AvgIpc) is 2.45. The molecule has 2 unspecified atom stereocenters. The van der Waals surface area contributed by atoms with Crippen LogP contribution in [0.15, 0.2) is 33.5 Å². The second-order valence-electron chi connectivity index (χ2n) is 4.33. The molecule has 1 aromatic carbocycles. The van der Waals surface area contributed by atoms with Crippen LogP contribution in [-0.2, 0) is 4.79 Å². The van der Waals surface area contributed by atoms with Gasteiger partial charge in [0.05, 0.1) is 5.39 Å². The first kappa shape index (κ1) is 14.7. The van der Waals surface area contributed by atoms with E-state index in [9.17, 15) is 24.6 Å². The maximum atomic E-state index is 11.8. The second kappa shape index (κ2) is 5.35. The van der Waals surface area contributed by atoms with Gasteiger partial charge in [-0.2, -0.15) is 0 Å². The standard InChI is InChI=1S/C13H11NO7/c14-12(18)11(17)10(16)5-1-2-8-6(3-5)7(15)4-9(21-8)13(19)20/h1-4,10-11,16-17H,(H2,14,18)(H,19,20). The molecule has 0 aliphatic heterocycles. The highest BCUT2D eigenvalue weighted by Crippen LogP contribution is 2.21. The van der Waals surface area contributed by atoms with E-state index < -0.39 is 35.3 Å². The summed E-state index contributed by atoms with van der Waals surface area (Å²) in [5.74, 6) is -3.02. The van der Waals surface area contributed by atoms with Crippen molar-refractivity contribution >= 4 is 22.8 Å². The van der Waals surface area contributed by atoms with Crippen LogP contribution in [0.25, 0.3) is 11.0 Å². The zero-order chi connectivity index (χ0) is 15.7. The average molecular weight is 293 g/mol. The van der Waals surface area contributed by atoms with Crippen molar-refractivity contribution in [1.82, 2.24) is 0 Å². The third-order valence-electron chi connectivity index (χ3n) is 2.89. The van der Waals surface area contributed by atoms with Gasteiger partial charge in [0.2, 0.25) is 11.7 Å². The summed E-state index contributed by atoms with van der Waals surface area (Å²) in [7, 11) is 0. The highest BCUT2D eigenvalue weighted by molar-refractivity contribution is 5.87. The van der Waals surface area contributed by atoms with Gasteiger partial charge in [-0.25, -0.2) is 4.79 Å². The molecule has 2 rings (SSSR count). The number of hydrogen-bond donors (Lipinski definition) is 4. The van der Waals surface area contributed by atoms with E-state index in [1.54, 1.807) is 0 Å². The molecule has 0 aliphatic rings. The minimum Gasteiger partial charge on any atom is -0.475 e. The number of aliphatic hydroxyl groups is 2. The SMILES string of the molecule is NC(=O)C(O)C(O)c1ccc2oc(C(=O)O)cc(=O)c2c1. The number of primary amides is 1. The van der Waals surface area contributed by atoms with E-state index in [0.717, 1.165) is 6.07 Å². The van der Waals surface area contributed by atoms with Crippen molar-refractivity contribution in [3.8, 4) is 0 Å². The summed E-state index contributed by atoms with van der Waals surface area (Å²) in [6.45, 7) is 0. The zero-order valence-corrected chi connectivity index (χ0v) is 10.5. The van der Waals surface area contributed by atoms with Gasteiger partial charge in [0.25, 0.3) is 0 Å². The second-order valence-corrected chi connectivity index (χ2v) is 4.33. The summed E-state index contributed by atoms with van der Waals surface area (Å²) in [5, 5.41) is 28.0. The minimum absolute atomic E-state index is 0.00409. The Morgan fingerprint density at radius 3 is 2.43 bits per heavy atom. The van der Waals surface area contributed by atoms with Crippen LogP contribution >= 0.6 is 0 Å². The number of carbonyl (C=O) groups excluding carboxylic acids is 1. The Morgan fingerprint density at radius 1 is 1.19 bits per heavy atom.